The Kier molecular flexibility index (Phi) is 29.8. The molecule has 5 aliphatic rings. The van der Waals surface area contributed by atoms with Crippen molar-refractivity contribution in [1.29, 1.82) is 0 Å². The van der Waals surface area contributed by atoms with Gasteiger partial charge < -0.3 is 105 Å². The first-order valence-corrected chi connectivity index (χ1v) is 51.8. The number of imidazole rings is 4. The van der Waals surface area contributed by atoms with Gasteiger partial charge in [-0.3, -0.25) is 72.7 Å². The van der Waals surface area contributed by atoms with Crippen molar-refractivity contribution < 1.29 is 188 Å². The zero-order chi connectivity index (χ0) is 96.4. The fourth-order valence-electron chi connectivity index (χ4n) is 13.0. The molecule has 0 aliphatic carbocycles. The van der Waals surface area contributed by atoms with Gasteiger partial charge in [-0.1, -0.05) is 91.0 Å². The molecule has 0 radical (unpaired) electrons. The summed E-state index contributed by atoms with van der Waals surface area (Å²) in [6.45, 7) is 8.81. The second-order valence-corrected chi connectivity index (χ2v) is 47.1. The average molecular weight is 2010 g/mol. The molecule has 11 aromatic rings. The van der Waals surface area contributed by atoms with Gasteiger partial charge in [0.1, 0.15) is 46.5 Å². The Bertz CT molecular complexity index is 6310. The first kappa shape index (κ1) is 100. The van der Waals surface area contributed by atoms with Gasteiger partial charge in [0.2, 0.25) is 25.2 Å². The molecule has 7 aromatic heterocycles. The molecular weight excluding hydrogens is 1930 g/mol. The van der Waals surface area contributed by atoms with Crippen LogP contribution in [0, 0.1) is 0 Å². The number of halogens is 1. The number of hydrogen-bond acceptors (Lipinski definition) is 35. The number of cyclic esters (lactones) is 1. The lowest BCUT2D eigenvalue weighted by molar-refractivity contribution is -0.0621. The monoisotopic (exact) mass is 2010 g/mol. The minimum absolute atomic E-state index is 0.0136. The van der Waals surface area contributed by atoms with Crippen LogP contribution in [0.2, 0.25) is 0 Å². The highest BCUT2D eigenvalue weighted by atomic mass is 31.3. The Hall–Kier alpha value is -10.2. The van der Waals surface area contributed by atoms with Gasteiger partial charge in [-0.2, -0.15) is 0 Å². The number of imide groups is 1. The molecule has 0 bridgehead atoms. The highest BCUT2D eigenvalue weighted by molar-refractivity contribution is 7.74. The highest BCUT2D eigenvalue weighted by Gasteiger charge is 2.71. The number of hydrogen-bond donors (Lipinski definition) is 10. The number of carbonyl (C=O) groups is 5. The van der Waals surface area contributed by atoms with Crippen molar-refractivity contribution in [3.8, 4) is 23.0 Å². The fourth-order valence-corrected chi connectivity index (χ4v) is 27.4. The van der Waals surface area contributed by atoms with Crippen LogP contribution in [0.3, 0.4) is 0 Å². The summed E-state index contributed by atoms with van der Waals surface area (Å²) in [5.41, 5.74) is 1.49. The van der Waals surface area contributed by atoms with Crippen LogP contribution in [0.15, 0.2) is 208 Å². The molecule has 0 saturated carbocycles. The van der Waals surface area contributed by atoms with Crippen molar-refractivity contribution in [1.82, 2.24) is 42.6 Å². The fraction of sp³-hybridized carbons (Fsp3) is 0.303. The third-order valence-electron chi connectivity index (χ3n) is 19.5. The molecule has 8 unspecified atom stereocenters. The number of aromatic nitrogens is 8. The van der Waals surface area contributed by atoms with E-state index in [0.717, 1.165) is 9.47 Å². The Morgan fingerprint density at radius 3 is 1.13 bits per heavy atom. The van der Waals surface area contributed by atoms with Gasteiger partial charge in [-0.25, -0.2) is 53.2 Å². The molecule has 2 amide bonds. The molecule has 48 nitrogen and oxygen atoms in total. The highest BCUT2D eigenvalue weighted by Crippen LogP contribution is 2.83. The number of amides is 2. The van der Waals surface area contributed by atoms with E-state index in [4.69, 9.17) is 74.1 Å². The lowest BCUT2D eigenvalue weighted by atomic mass is 10.2. The SMILES string of the molecule is CC(C)OC(=O)Oc1ccccc1C1OP(=O)(O)C(F)(Cc2cnc3ccccn23)P(=O)(O)O1.CC(C)OC(=O)Oc1ccccc1C1OP(=O)(O)C(O)(Cc2cnc3ccccn23)P(=O)(O)O1.CC(C)OC(=O)Oc1ccccc1C1OP(=O)(O)C(O)(Cn2ccnc2)P(=O)(O)O1.O=C1OCCN1C(=O)Oc1ccccc1C1OP(=O)(O)C(Cc2cnc3ccccn23)P(=O)(O)O1. The number of pyridine rings is 3. The zero-order valence-electron chi connectivity index (χ0n) is 69.8. The summed E-state index contributed by atoms with van der Waals surface area (Å²) in [6.07, 6.45) is -3.79. The zero-order valence-corrected chi connectivity index (χ0v) is 76.9. The summed E-state index contributed by atoms with van der Waals surface area (Å²) in [6, 6.07) is 37.3. The summed E-state index contributed by atoms with van der Waals surface area (Å²) >= 11 is 0. The number of ether oxygens (including phenoxy) is 8. The van der Waals surface area contributed by atoms with Gasteiger partial charge in [-0.05, 0) is 102 Å². The van der Waals surface area contributed by atoms with Crippen LogP contribution in [0.4, 0.5) is 28.4 Å². The molecule has 133 heavy (non-hydrogen) atoms. The third kappa shape index (κ3) is 21.7. The van der Waals surface area contributed by atoms with Crippen molar-refractivity contribution in [2.75, 3.05) is 13.2 Å². The Balaban J connectivity index is 0.000000151. The number of aliphatic hydroxyl groups is 2. The first-order chi connectivity index (χ1) is 62.5. The number of benzene rings is 4. The maximum atomic E-state index is 15.9. The van der Waals surface area contributed by atoms with Gasteiger partial charge in [0.05, 0.1) is 60.0 Å². The summed E-state index contributed by atoms with van der Waals surface area (Å²) in [4.78, 5) is 161. The normalized spacial score (nSPS) is 29.6. The van der Waals surface area contributed by atoms with E-state index in [9.17, 15) is 110 Å². The maximum absolute atomic E-state index is 15.9. The van der Waals surface area contributed by atoms with Crippen molar-refractivity contribution in [3.63, 3.8) is 0 Å². The summed E-state index contributed by atoms with van der Waals surface area (Å²) in [7, 11) is -41.3. The van der Waals surface area contributed by atoms with E-state index in [1.54, 1.807) is 113 Å². The van der Waals surface area contributed by atoms with Gasteiger partial charge in [-0.15, -0.1) is 0 Å². The summed E-state index contributed by atoms with van der Waals surface area (Å²) < 4.78 is 206. The maximum Gasteiger partial charge on any atom is 0.514 e. The third-order valence-corrected chi connectivity index (χ3v) is 37.7. The van der Waals surface area contributed by atoms with E-state index in [1.165, 1.54) is 149 Å². The van der Waals surface area contributed by atoms with Crippen LogP contribution in [-0.2, 0) is 117 Å². The quantitative estimate of drug-likeness (QED) is 0.0156. The van der Waals surface area contributed by atoms with E-state index >= 15 is 4.39 Å². The van der Waals surface area contributed by atoms with Gasteiger partial charge >= 0.3 is 96.6 Å². The number of para-hydroxylation sites is 4. The smallest absolute Gasteiger partial charge is 0.447 e. The van der Waals surface area contributed by atoms with Crippen LogP contribution in [-0.4, -0.2) is 175 Å². The lowest BCUT2D eigenvalue weighted by Crippen LogP contribution is -2.39. The molecule has 10 N–H and O–H groups in total. The van der Waals surface area contributed by atoms with Crippen molar-refractivity contribution in [3.05, 3.63) is 247 Å². The standard InChI is InChI=1S/C20H21FN2O9P2.C20H19N3O10P2.C20H22N2O10P2.C16H20N2O10P2/c1-13(2)29-19(24)30-16-8-4-3-7-15(16)18-31-33(25,26)20(21,34(27,28)32-18)11-14-12-22-17-9-5-6-10-23(14)17;24-19-23(9-10-30-19)20(25)31-15-6-2-1-5-14(15)18-32-34(26,27)17(35(28,29)33-18)11-13-12-21-16-7-3-4-8-22(13)16;1-13(2)29-19(23)30-16-8-4-3-7-15(16)18-31-33(25,26)20(24,34(27,28)32-18)11-14-12-21-17-9-5-6-10-22(14)17;1-11(2)25-15(19)26-13-6-4-3-5-12(13)14-27-29(21,22)16(20,30(23,24)28-14)9-18-8-7-17-10-18/h3-10,12-13,18H,11H2,1-2H3,(H,25,26)(H,27,28);1-8,12,17-18H,9-11H2,(H,26,27)(H,28,29);3-10,12-13,18,24H,11H2,1-2H3,(H,25,26)(H,27,28);3-8,10-11,14,20H,9H2,1-2H3,(H,21,22)(H,23,24). The molecule has 712 valence electrons. The topological polar surface area (TPSA) is 645 Å². The average Bonchev–Trinajstić information content (AvgIpc) is 1.58. The van der Waals surface area contributed by atoms with Crippen molar-refractivity contribution in [2.45, 2.75) is 132 Å². The van der Waals surface area contributed by atoms with Crippen molar-refractivity contribution >= 4 is 108 Å². The number of carbonyl (C=O) groups excluding carboxylic acids is 5. The molecule has 0 spiro atoms. The second kappa shape index (κ2) is 39.6. The van der Waals surface area contributed by atoms with Crippen LogP contribution in [0.5, 0.6) is 23.0 Å². The summed E-state index contributed by atoms with van der Waals surface area (Å²) in [5.74, 6) is -0.799. The van der Waals surface area contributed by atoms with Crippen molar-refractivity contribution in [2.24, 2.45) is 0 Å². The van der Waals surface area contributed by atoms with Gasteiger partial charge in [0, 0.05) is 85.9 Å². The molecule has 8 atom stereocenters. The van der Waals surface area contributed by atoms with Crippen LogP contribution in [0.1, 0.15) is 106 Å². The molecule has 5 saturated heterocycles. The number of alkyl halides is 1. The van der Waals surface area contributed by atoms with Crippen LogP contribution >= 0.6 is 60.8 Å². The van der Waals surface area contributed by atoms with Gasteiger partial charge in [0.15, 0.2) is 5.40 Å². The molecule has 12 heterocycles. The van der Waals surface area contributed by atoms with Gasteiger partial charge in [0.25, 0.3) is 10.2 Å². The second-order valence-electron chi connectivity index (χ2n) is 29.8. The molecular formula is C76H82FN9O39P8. The lowest BCUT2D eigenvalue weighted by Gasteiger charge is -2.41. The van der Waals surface area contributed by atoms with Crippen LogP contribution < -0.4 is 18.9 Å². The van der Waals surface area contributed by atoms with E-state index in [2.05, 4.69) is 19.9 Å². The predicted molar refractivity (Wildman–Crippen MR) is 451 cm³/mol. The number of rotatable bonds is 19. The Morgan fingerprint density at radius 1 is 0.436 bits per heavy atom. The van der Waals surface area contributed by atoms with E-state index < -0.39 is 175 Å². The first-order valence-electron chi connectivity index (χ1n) is 39.1. The number of fused-ring (bicyclic) bond motifs is 3. The number of nitrogens with zero attached hydrogens (tertiary/aromatic N) is 9. The molecule has 4 aromatic carbocycles. The van der Waals surface area contributed by atoms with E-state index in [0.29, 0.717) is 22.6 Å². The predicted octanol–water partition coefficient (Wildman–Crippen LogP) is 13.9. The molecule has 5 fully saturated rings. The largest absolute Gasteiger partial charge is 0.514 e. The summed E-state index contributed by atoms with van der Waals surface area (Å²) in [5, 5.41) is 9.86. The molecule has 5 aliphatic heterocycles. The van der Waals surface area contributed by atoms with Crippen LogP contribution in [0.25, 0.3) is 16.9 Å². The Morgan fingerprint density at radius 2 is 0.767 bits per heavy atom. The molecule has 16 rings (SSSR count). The Labute approximate surface area is 750 Å². The molecule has 57 heteroatoms. The van der Waals surface area contributed by atoms with E-state index in [-0.39, 0.29) is 76.2 Å². The minimum atomic E-state index is -5.47. The minimum Gasteiger partial charge on any atom is -0.447 e. The van der Waals surface area contributed by atoms with E-state index in [1.807, 2.05) is 0 Å².